The summed E-state index contributed by atoms with van der Waals surface area (Å²) in [5.41, 5.74) is 1.29. The SMILES string of the molecule is [O]CCCc1cccc2ccccc12. The van der Waals surface area contributed by atoms with E-state index in [4.69, 9.17) is 0 Å². The average Bonchev–Trinajstić information content (AvgIpc) is 2.26. The van der Waals surface area contributed by atoms with Crippen LogP contribution in [0, 0.1) is 0 Å². The third-order valence-electron chi connectivity index (χ3n) is 2.47. The van der Waals surface area contributed by atoms with Gasteiger partial charge in [-0.2, -0.15) is 0 Å². The van der Waals surface area contributed by atoms with Gasteiger partial charge in [-0.25, -0.2) is 5.11 Å². The normalized spacial score (nSPS) is 10.6. The van der Waals surface area contributed by atoms with Gasteiger partial charge in [0.2, 0.25) is 0 Å². The highest BCUT2D eigenvalue weighted by Crippen LogP contribution is 2.19. The fourth-order valence-electron chi connectivity index (χ4n) is 1.77. The highest BCUT2D eigenvalue weighted by molar-refractivity contribution is 5.85. The fraction of sp³-hybridized carbons (Fsp3) is 0.231. The van der Waals surface area contributed by atoms with Gasteiger partial charge in [0.25, 0.3) is 0 Å². The lowest BCUT2D eigenvalue weighted by atomic mass is 10.0. The molecule has 1 radical (unpaired) electrons. The monoisotopic (exact) mass is 185 g/mol. The summed E-state index contributed by atoms with van der Waals surface area (Å²) in [4.78, 5) is 0. The second kappa shape index (κ2) is 4.25. The molecule has 14 heavy (non-hydrogen) atoms. The predicted octanol–water partition coefficient (Wildman–Crippen LogP) is 3.20. The lowest BCUT2D eigenvalue weighted by molar-refractivity contribution is 0.189. The van der Waals surface area contributed by atoms with Crippen molar-refractivity contribution in [3.8, 4) is 0 Å². The van der Waals surface area contributed by atoms with E-state index in [9.17, 15) is 5.11 Å². The van der Waals surface area contributed by atoms with Gasteiger partial charge in [0.05, 0.1) is 6.61 Å². The molecule has 0 bridgehead atoms. The minimum atomic E-state index is 0.0171. The molecule has 0 aliphatic carbocycles. The van der Waals surface area contributed by atoms with E-state index >= 15 is 0 Å². The van der Waals surface area contributed by atoms with Crippen LogP contribution in [-0.2, 0) is 11.5 Å². The largest absolute Gasteiger partial charge is 0.237 e. The van der Waals surface area contributed by atoms with Crippen molar-refractivity contribution in [2.75, 3.05) is 6.61 Å². The molecule has 2 rings (SSSR count). The number of benzene rings is 2. The van der Waals surface area contributed by atoms with Crippen molar-refractivity contribution in [3.05, 3.63) is 48.0 Å². The van der Waals surface area contributed by atoms with Gasteiger partial charge in [0.15, 0.2) is 0 Å². The summed E-state index contributed by atoms with van der Waals surface area (Å²) < 4.78 is 0. The van der Waals surface area contributed by atoms with Crippen molar-refractivity contribution < 1.29 is 5.11 Å². The van der Waals surface area contributed by atoms with Crippen LogP contribution in [0.15, 0.2) is 42.5 Å². The van der Waals surface area contributed by atoms with E-state index in [2.05, 4.69) is 30.3 Å². The maximum absolute atomic E-state index is 10.4. The smallest absolute Gasteiger partial charge is 0.0825 e. The zero-order chi connectivity index (χ0) is 9.80. The summed E-state index contributed by atoms with van der Waals surface area (Å²) in [5.74, 6) is 0. The molecule has 0 aliphatic rings. The molecule has 0 N–H and O–H groups in total. The van der Waals surface area contributed by atoms with Crippen molar-refractivity contribution in [1.29, 1.82) is 0 Å². The van der Waals surface area contributed by atoms with Crippen LogP contribution in [0.1, 0.15) is 12.0 Å². The summed E-state index contributed by atoms with van der Waals surface area (Å²) in [6, 6.07) is 14.6. The molecule has 71 valence electrons. The highest BCUT2D eigenvalue weighted by Gasteiger charge is 1.98. The van der Waals surface area contributed by atoms with E-state index < -0.39 is 0 Å². The van der Waals surface area contributed by atoms with Crippen LogP contribution in [0.25, 0.3) is 10.8 Å². The molecule has 0 spiro atoms. The first-order chi connectivity index (χ1) is 6.92. The second-order valence-electron chi connectivity index (χ2n) is 3.45. The number of hydrogen-bond acceptors (Lipinski definition) is 0. The number of rotatable bonds is 3. The fourth-order valence-corrected chi connectivity index (χ4v) is 1.77. The molecule has 2 aromatic rings. The molecule has 2 aromatic carbocycles. The lowest BCUT2D eigenvalue weighted by Gasteiger charge is -2.04. The van der Waals surface area contributed by atoms with E-state index in [1.807, 2.05) is 12.1 Å². The van der Waals surface area contributed by atoms with E-state index in [0.29, 0.717) is 0 Å². The summed E-state index contributed by atoms with van der Waals surface area (Å²) in [5, 5.41) is 13.0. The van der Waals surface area contributed by atoms with E-state index in [1.54, 1.807) is 0 Å². The van der Waals surface area contributed by atoms with Crippen LogP contribution in [-0.4, -0.2) is 6.61 Å². The number of hydrogen-bond donors (Lipinski definition) is 0. The van der Waals surface area contributed by atoms with Crippen LogP contribution in [0.2, 0.25) is 0 Å². The van der Waals surface area contributed by atoms with Crippen LogP contribution in [0.4, 0.5) is 0 Å². The quantitative estimate of drug-likeness (QED) is 0.699. The molecule has 0 fully saturated rings. The molecular weight excluding hydrogens is 172 g/mol. The van der Waals surface area contributed by atoms with Gasteiger partial charge in [0.1, 0.15) is 0 Å². The third kappa shape index (κ3) is 1.78. The van der Waals surface area contributed by atoms with Gasteiger partial charge in [-0.05, 0) is 29.2 Å². The molecule has 0 saturated carbocycles. The summed E-state index contributed by atoms with van der Waals surface area (Å²) in [6.07, 6.45) is 1.62. The van der Waals surface area contributed by atoms with Crippen LogP contribution < -0.4 is 0 Å². The first kappa shape index (κ1) is 9.22. The number of aryl methyl sites for hydroxylation is 1. The first-order valence-electron chi connectivity index (χ1n) is 4.96. The van der Waals surface area contributed by atoms with Crippen molar-refractivity contribution in [1.82, 2.24) is 0 Å². The molecule has 0 atom stereocenters. The Balaban J connectivity index is 2.43. The zero-order valence-electron chi connectivity index (χ0n) is 8.07. The second-order valence-corrected chi connectivity index (χ2v) is 3.45. The predicted molar refractivity (Wildman–Crippen MR) is 57.8 cm³/mol. The zero-order valence-corrected chi connectivity index (χ0v) is 8.07. The van der Waals surface area contributed by atoms with Gasteiger partial charge in [-0.15, -0.1) is 0 Å². The van der Waals surface area contributed by atoms with Crippen LogP contribution in [0.3, 0.4) is 0 Å². The Morgan fingerprint density at radius 2 is 1.71 bits per heavy atom. The molecular formula is C13H13O. The van der Waals surface area contributed by atoms with Crippen molar-refractivity contribution >= 4 is 10.8 Å². The summed E-state index contributed by atoms with van der Waals surface area (Å²) >= 11 is 0. The lowest BCUT2D eigenvalue weighted by Crippen LogP contribution is -1.89. The molecule has 0 aromatic heterocycles. The maximum Gasteiger partial charge on any atom is 0.0825 e. The van der Waals surface area contributed by atoms with Crippen molar-refractivity contribution in [2.24, 2.45) is 0 Å². The van der Waals surface area contributed by atoms with Gasteiger partial charge in [-0.3, -0.25) is 0 Å². The van der Waals surface area contributed by atoms with Crippen LogP contribution in [0.5, 0.6) is 0 Å². The molecule has 0 saturated heterocycles. The van der Waals surface area contributed by atoms with Gasteiger partial charge >= 0.3 is 0 Å². The van der Waals surface area contributed by atoms with Crippen molar-refractivity contribution in [3.63, 3.8) is 0 Å². The Morgan fingerprint density at radius 3 is 2.57 bits per heavy atom. The first-order valence-corrected chi connectivity index (χ1v) is 4.96. The molecule has 1 nitrogen and oxygen atoms in total. The Kier molecular flexibility index (Phi) is 2.80. The minimum absolute atomic E-state index is 0.0171. The minimum Gasteiger partial charge on any atom is -0.237 e. The standard InChI is InChI=1S/C13H13O/c14-10-4-8-12-7-3-6-11-5-1-2-9-13(11)12/h1-3,5-7,9H,4,8,10H2. The molecule has 0 amide bonds. The molecule has 0 unspecified atom stereocenters. The van der Waals surface area contributed by atoms with E-state index in [1.165, 1.54) is 16.3 Å². The summed E-state index contributed by atoms with van der Waals surface area (Å²) in [6.45, 7) is 0.0171. The third-order valence-corrected chi connectivity index (χ3v) is 2.47. The van der Waals surface area contributed by atoms with Gasteiger partial charge in [0, 0.05) is 0 Å². The summed E-state index contributed by atoms with van der Waals surface area (Å²) in [7, 11) is 0. The Morgan fingerprint density at radius 1 is 0.929 bits per heavy atom. The Labute approximate surface area is 84.0 Å². The Hall–Kier alpha value is -1.34. The van der Waals surface area contributed by atoms with E-state index in [0.717, 1.165) is 12.8 Å². The van der Waals surface area contributed by atoms with Crippen LogP contribution >= 0.6 is 0 Å². The van der Waals surface area contributed by atoms with Gasteiger partial charge < -0.3 is 0 Å². The topological polar surface area (TPSA) is 19.9 Å². The van der Waals surface area contributed by atoms with Gasteiger partial charge in [-0.1, -0.05) is 42.5 Å². The van der Waals surface area contributed by atoms with E-state index in [-0.39, 0.29) is 6.61 Å². The molecule has 0 heterocycles. The number of fused-ring (bicyclic) bond motifs is 1. The van der Waals surface area contributed by atoms with Crippen molar-refractivity contribution in [2.45, 2.75) is 12.8 Å². The Bertz CT molecular complexity index is 415. The molecule has 0 aliphatic heterocycles. The molecule has 1 heteroatoms. The average molecular weight is 185 g/mol. The maximum atomic E-state index is 10.4. The highest BCUT2D eigenvalue weighted by atomic mass is 16.2.